The summed E-state index contributed by atoms with van der Waals surface area (Å²) in [6, 6.07) is 0. The van der Waals surface area contributed by atoms with Crippen molar-refractivity contribution in [3.63, 3.8) is 0 Å². The van der Waals surface area contributed by atoms with E-state index in [1.807, 2.05) is 0 Å². The van der Waals surface area contributed by atoms with Gasteiger partial charge in [0.1, 0.15) is 18.8 Å². The summed E-state index contributed by atoms with van der Waals surface area (Å²) in [7, 11) is 0. The van der Waals surface area contributed by atoms with Gasteiger partial charge < -0.3 is 28.8 Å². The zero-order valence-electron chi connectivity index (χ0n) is 25.5. The number of Topliss-reactive ketones (excluding diaryl/α,β-unsaturated/α-hetero) is 1. The number of carbonyl (C=O) groups excluding carboxylic acids is 6. The van der Waals surface area contributed by atoms with Crippen molar-refractivity contribution in [3.8, 4) is 0 Å². The van der Waals surface area contributed by atoms with E-state index in [1.54, 1.807) is 20.8 Å². The zero-order chi connectivity index (χ0) is 32.1. The van der Waals surface area contributed by atoms with Gasteiger partial charge in [-0.3, -0.25) is 28.8 Å². The van der Waals surface area contributed by atoms with Crippen LogP contribution in [-0.2, 0) is 52.5 Å². The van der Waals surface area contributed by atoms with Crippen LogP contribution in [0.3, 0.4) is 0 Å². The Labute approximate surface area is 245 Å². The third-order valence-electron chi connectivity index (χ3n) is 7.46. The molecule has 0 aromatic rings. The second-order valence-corrected chi connectivity index (χ2v) is 11.1. The van der Waals surface area contributed by atoms with Crippen molar-refractivity contribution < 1.29 is 57.6 Å². The molecule has 42 heavy (non-hydrogen) atoms. The highest BCUT2D eigenvalue weighted by Crippen LogP contribution is 2.51. The van der Waals surface area contributed by atoms with E-state index < -0.39 is 84.4 Å². The highest BCUT2D eigenvalue weighted by atomic mass is 16.6. The van der Waals surface area contributed by atoms with Gasteiger partial charge >= 0.3 is 29.8 Å². The molecule has 0 heterocycles. The first-order valence-electron chi connectivity index (χ1n) is 13.5. The molecule has 0 spiro atoms. The van der Waals surface area contributed by atoms with Crippen LogP contribution in [0.25, 0.3) is 0 Å². The Kier molecular flexibility index (Phi) is 11.4. The first-order chi connectivity index (χ1) is 19.4. The average molecular weight is 593 g/mol. The second kappa shape index (κ2) is 13.9. The molecule has 0 aromatic carbocycles. The molecule has 0 saturated heterocycles. The van der Waals surface area contributed by atoms with Gasteiger partial charge in [-0.25, -0.2) is 0 Å². The predicted molar refractivity (Wildman–Crippen MR) is 146 cm³/mol. The number of ether oxygens (including phenoxy) is 5. The van der Waals surface area contributed by atoms with E-state index in [2.05, 4.69) is 0 Å². The van der Waals surface area contributed by atoms with Crippen LogP contribution < -0.4 is 0 Å². The standard InChI is InChI=1S/C30H40O12/c1-14-23(36)12-24(37)21(13-38-16(3)31)10-26(40-18(5)33)22-11-25(39-17(4)32)15(2)27(30(22,8)9)29(42-20(7)35)28(14)41-19(6)34/h10,22-23,25-26,29,36H,11-13H2,1-9H3/b21-10-,28-14+/t22-,23+,25-,26-,29+/m0/s1. The smallest absolute Gasteiger partial charge is 0.307 e. The summed E-state index contributed by atoms with van der Waals surface area (Å²) in [5.74, 6) is -5.01. The normalized spacial score (nSPS) is 29.1. The summed E-state index contributed by atoms with van der Waals surface area (Å²) >= 11 is 0. The van der Waals surface area contributed by atoms with Gasteiger partial charge in [-0.15, -0.1) is 0 Å². The van der Waals surface area contributed by atoms with Gasteiger partial charge in [0.15, 0.2) is 17.6 Å². The number of hydrogen-bond donors (Lipinski definition) is 1. The summed E-state index contributed by atoms with van der Waals surface area (Å²) in [5.41, 5.74) is -0.147. The Balaban J connectivity index is 3.07. The number of aliphatic hydroxyl groups is 1. The summed E-state index contributed by atoms with van der Waals surface area (Å²) in [6.45, 7) is 12.1. The lowest BCUT2D eigenvalue weighted by Crippen LogP contribution is -2.49. The van der Waals surface area contributed by atoms with Gasteiger partial charge in [-0.05, 0) is 48.5 Å². The lowest BCUT2D eigenvalue weighted by Gasteiger charge is -2.48. The van der Waals surface area contributed by atoms with Gasteiger partial charge in [-0.1, -0.05) is 13.8 Å². The van der Waals surface area contributed by atoms with Crippen LogP contribution in [-0.4, -0.2) is 71.8 Å². The van der Waals surface area contributed by atoms with Crippen molar-refractivity contribution >= 4 is 35.6 Å². The topological polar surface area (TPSA) is 169 Å². The molecule has 0 radical (unpaired) electrons. The fraction of sp³-hybridized carbons (Fsp3) is 0.600. The molecule has 0 amide bonds. The van der Waals surface area contributed by atoms with Crippen molar-refractivity contribution in [2.45, 2.75) is 99.6 Å². The zero-order valence-corrected chi connectivity index (χ0v) is 25.5. The van der Waals surface area contributed by atoms with Crippen LogP contribution in [0.1, 0.15) is 75.2 Å². The minimum absolute atomic E-state index is 0.0380. The molecule has 2 aliphatic carbocycles. The highest BCUT2D eigenvalue weighted by molar-refractivity contribution is 5.96. The maximum Gasteiger partial charge on any atom is 0.307 e. The van der Waals surface area contributed by atoms with E-state index in [9.17, 15) is 33.9 Å². The second-order valence-electron chi connectivity index (χ2n) is 11.1. The quantitative estimate of drug-likeness (QED) is 0.272. The SMILES string of the molecule is CC(=O)OC/C1=C/[C@H](OC(C)=O)[C@@H]2C[C@H](OC(C)=O)C(C)=C([C@@H](OC(C)=O)/C(OC(C)=O)=C(/C)[C@H](O)CC1=O)C2(C)C. The number of fused-ring (bicyclic) bond motifs is 2. The minimum Gasteiger partial charge on any atom is -0.461 e. The van der Waals surface area contributed by atoms with E-state index in [1.165, 1.54) is 33.8 Å². The van der Waals surface area contributed by atoms with Crippen molar-refractivity contribution in [2.75, 3.05) is 6.61 Å². The van der Waals surface area contributed by atoms with E-state index in [0.717, 1.165) is 13.8 Å². The molecule has 0 aromatic heterocycles. The van der Waals surface area contributed by atoms with E-state index >= 15 is 0 Å². The lowest BCUT2D eigenvalue weighted by atomic mass is 9.60. The monoisotopic (exact) mass is 592 g/mol. The Bertz CT molecular complexity index is 1230. The molecule has 0 unspecified atom stereocenters. The first-order valence-corrected chi connectivity index (χ1v) is 13.5. The molecular weight excluding hydrogens is 552 g/mol. The van der Waals surface area contributed by atoms with Crippen molar-refractivity contribution in [3.05, 3.63) is 34.1 Å². The first kappa shape index (κ1) is 34.4. The van der Waals surface area contributed by atoms with E-state index in [0.29, 0.717) is 11.1 Å². The maximum absolute atomic E-state index is 13.5. The molecule has 12 heteroatoms. The Morgan fingerprint density at radius 2 is 1.43 bits per heavy atom. The Morgan fingerprint density at radius 1 is 0.857 bits per heavy atom. The Morgan fingerprint density at radius 3 is 1.93 bits per heavy atom. The molecule has 0 fully saturated rings. The van der Waals surface area contributed by atoms with Gasteiger partial charge in [0, 0.05) is 52.5 Å². The van der Waals surface area contributed by atoms with Gasteiger partial charge in [-0.2, -0.15) is 0 Å². The van der Waals surface area contributed by atoms with Crippen LogP contribution >= 0.6 is 0 Å². The molecule has 232 valence electrons. The molecule has 0 saturated carbocycles. The molecule has 5 atom stereocenters. The van der Waals surface area contributed by atoms with E-state index in [4.69, 9.17) is 23.7 Å². The average Bonchev–Trinajstić information content (AvgIpc) is 2.83. The number of esters is 5. The predicted octanol–water partition coefficient (Wildman–Crippen LogP) is 2.80. The van der Waals surface area contributed by atoms with Crippen LogP contribution in [0.2, 0.25) is 0 Å². The molecule has 1 N–H and O–H groups in total. The number of ketones is 1. The number of hydrogen-bond acceptors (Lipinski definition) is 12. The number of rotatable bonds is 6. The molecule has 2 aliphatic rings. The van der Waals surface area contributed by atoms with Crippen LogP contribution in [0.15, 0.2) is 34.1 Å². The third-order valence-corrected chi connectivity index (χ3v) is 7.46. The lowest BCUT2D eigenvalue weighted by molar-refractivity contribution is -0.156. The highest BCUT2D eigenvalue weighted by Gasteiger charge is 2.51. The summed E-state index contributed by atoms with van der Waals surface area (Å²) < 4.78 is 27.8. The Hall–Kier alpha value is -3.80. The number of aliphatic hydroxyl groups excluding tert-OH is 1. The van der Waals surface area contributed by atoms with Crippen LogP contribution in [0.4, 0.5) is 0 Å². The molecular formula is C30H40O12. The molecule has 12 nitrogen and oxygen atoms in total. The molecule has 2 bridgehead atoms. The van der Waals surface area contributed by atoms with Gasteiger partial charge in [0.25, 0.3) is 0 Å². The van der Waals surface area contributed by atoms with Crippen LogP contribution in [0.5, 0.6) is 0 Å². The fourth-order valence-electron chi connectivity index (χ4n) is 5.56. The third kappa shape index (κ3) is 8.37. The fourth-order valence-corrected chi connectivity index (χ4v) is 5.56. The van der Waals surface area contributed by atoms with Crippen LogP contribution in [0, 0.1) is 11.3 Å². The summed E-state index contributed by atoms with van der Waals surface area (Å²) in [6.07, 6.45) is -3.93. The molecule has 0 aliphatic heterocycles. The van der Waals surface area contributed by atoms with E-state index in [-0.39, 0.29) is 23.3 Å². The molecule has 2 rings (SSSR count). The van der Waals surface area contributed by atoms with Crippen molar-refractivity contribution in [1.82, 2.24) is 0 Å². The van der Waals surface area contributed by atoms with Gasteiger partial charge in [0.2, 0.25) is 0 Å². The summed E-state index contributed by atoms with van der Waals surface area (Å²) in [5, 5.41) is 11.1. The van der Waals surface area contributed by atoms with Gasteiger partial charge in [0.05, 0.1) is 6.10 Å². The summed E-state index contributed by atoms with van der Waals surface area (Å²) in [4.78, 5) is 74.3. The number of carbonyl (C=O) groups is 6. The minimum atomic E-state index is -1.52. The largest absolute Gasteiger partial charge is 0.461 e. The maximum atomic E-state index is 13.5. The van der Waals surface area contributed by atoms with Crippen molar-refractivity contribution in [1.29, 1.82) is 0 Å². The van der Waals surface area contributed by atoms with Crippen molar-refractivity contribution in [2.24, 2.45) is 11.3 Å².